The van der Waals surface area contributed by atoms with E-state index in [4.69, 9.17) is 23.6 Å². The van der Waals surface area contributed by atoms with Crippen molar-refractivity contribution in [2.24, 2.45) is 0 Å². The fourth-order valence-electron chi connectivity index (χ4n) is 4.63. The summed E-state index contributed by atoms with van der Waals surface area (Å²) in [5, 5.41) is 3.43. The van der Waals surface area contributed by atoms with Crippen molar-refractivity contribution in [2.75, 3.05) is 18.7 Å². The summed E-state index contributed by atoms with van der Waals surface area (Å²) < 4.78 is 21.6. The second kappa shape index (κ2) is 9.22. The molecule has 1 aliphatic heterocycles. The maximum Gasteiger partial charge on any atom is 0.339 e. The fourth-order valence-corrected chi connectivity index (χ4v) is 4.63. The minimum absolute atomic E-state index is 0.146. The van der Waals surface area contributed by atoms with Gasteiger partial charge in [-0.1, -0.05) is 18.2 Å². The molecule has 0 spiro atoms. The SMILES string of the molecule is O=C(COC(=O)c1c2c(nc3ccccc13)/C(=C\c1ccco1)CCC2)Nc1ccc2c(c1)OCO2. The highest BCUT2D eigenvalue weighted by atomic mass is 16.7. The Labute approximate surface area is 206 Å². The molecule has 0 fully saturated rings. The molecule has 2 aliphatic rings. The highest BCUT2D eigenvalue weighted by Gasteiger charge is 2.26. The zero-order valence-corrected chi connectivity index (χ0v) is 19.3. The van der Waals surface area contributed by atoms with Gasteiger partial charge < -0.3 is 23.9 Å². The van der Waals surface area contributed by atoms with Gasteiger partial charge in [-0.25, -0.2) is 9.78 Å². The van der Waals surface area contributed by atoms with Crippen LogP contribution in [0.15, 0.2) is 65.3 Å². The molecule has 0 saturated heterocycles. The van der Waals surface area contributed by atoms with Crippen LogP contribution < -0.4 is 14.8 Å². The molecular formula is C28H22N2O6. The van der Waals surface area contributed by atoms with Gasteiger partial charge in [0.15, 0.2) is 18.1 Å². The van der Waals surface area contributed by atoms with Crippen LogP contribution in [0.5, 0.6) is 11.5 Å². The second-order valence-corrected chi connectivity index (χ2v) is 8.56. The van der Waals surface area contributed by atoms with Crippen molar-refractivity contribution >= 4 is 40.1 Å². The predicted octanol–water partition coefficient (Wildman–Crippen LogP) is 5.23. The number of esters is 1. The molecule has 0 saturated carbocycles. The van der Waals surface area contributed by atoms with Crippen molar-refractivity contribution in [3.05, 3.63) is 83.4 Å². The van der Waals surface area contributed by atoms with Crippen molar-refractivity contribution in [3.63, 3.8) is 0 Å². The number of ether oxygens (including phenoxy) is 3. The lowest BCUT2D eigenvalue weighted by Gasteiger charge is -2.22. The molecule has 2 aromatic heterocycles. The topological polar surface area (TPSA) is 99.9 Å². The maximum atomic E-state index is 13.4. The van der Waals surface area contributed by atoms with E-state index in [0.29, 0.717) is 40.1 Å². The molecule has 0 radical (unpaired) electrons. The first-order chi connectivity index (χ1) is 17.7. The first-order valence-electron chi connectivity index (χ1n) is 11.7. The smallest absolute Gasteiger partial charge is 0.339 e. The van der Waals surface area contributed by atoms with Crippen molar-refractivity contribution < 1.29 is 28.2 Å². The van der Waals surface area contributed by atoms with Crippen LogP contribution in [-0.4, -0.2) is 30.3 Å². The molecule has 3 heterocycles. The summed E-state index contributed by atoms with van der Waals surface area (Å²) in [6.07, 6.45) is 5.97. The number of hydrogen-bond acceptors (Lipinski definition) is 7. The van der Waals surface area contributed by atoms with E-state index in [-0.39, 0.29) is 6.79 Å². The Kier molecular flexibility index (Phi) is 5.61. The Balaban J connectivity index is 1.27. The molecule has 1 amide bonds. The average Bonchev–Trinajstić information content (AvgIpc) is 3.58. The van der Waals surface area contributed by atoms with Crippen LogP contribution in [-0.2, 0) is 16.0 Å². The zero-order chi connectivity index (χ0) is 24.5. The van der Waals surface area contributed by atoms with E-state index in [9.17, 15) is 9.59 Å². The number of carbonyl (C=O) groups excluding carboxylic acids is 2. The Hall–Kier alpha value is -4.59. The number of para-hydroxylation sites is 1. The molecule has 36 heavy (non-hydrogen) atoms. The fraction of sp³-hybridized carbons (Fsp3) is 0.179. The van der Waals surface area contributed by atoms with E-state index in [1.165, 1.54) is 0 Å². The molecule has 6 rings (SSSR count). The molecule has 1 N–H and O–H groups in total. The van der Waals surface area contributed by atoms with E-state index in [1.807, 2.05) is 42.5 Å². The van der Waals surface area contributed by atoms with Gasteiger partial charge in [-0.2, -0.15) is 0 Å². The normalized spacial score (nSPS) is 15.1. The number of carbonyl (C=O) groups is 2. The van der Waals surface area contributed by atoms with Crippen molar-refractivity contribution in [2.45, 2.75) is 19.3 Å². The Morgan fingerprint density at radius 1 is 1.03 bits per heavy atom. The Bertz CT molecular complexity index is 1510. The third-order valence-electron chi connectivity index (χ3n) is 6.22. The van der Waals surface area contributed by atoms with Crippen LogP contribution in [0.4, 0.5) is 5.69 Å². The largest absolute Gasteiger partial charge is 0.465 e. The highest BCUT2D eigenvalue weighted by Crippen LogP contribution is 2.37. The van der Waals surface area contributed by atoms with Crippen molar-refractivity contribution in [1.82, 2.24) is 4.98 Å². The molecular weight excluding hydrogens is 460 g/mol. The quantitative estimate of drug-likeness (QED) is 0.389. The van der Waals surface area contributed by atoms with Crippen LogP contribution in [0.2, 0.25) is 0 Å². The Morgan fingerprint density at radius 3 is 2.81 bits per heavy atom. The number of rotatable bonds is 5. The maximum absolute atomic E-state index is 13.4. The molecule has 180 valence electrons. The van der Waals surface area contributed by atoms with Crippen LogP contribution in [0.1, 0.15) is 40.2 Å². The molecule has 4 aromatic rings. The molecule has 0 unspecified atom stereocenters. The van der Waals surface area contributed by atoms with Crippen LogP contribution in [0.3, 0.4) is 0 Å². The minimum atomic E-state index is -0.551. The molecule has 1 aliphatic carbocycles. The van der Waals surface area contributed by atoms with E-state index in [1.54, 1.807) is 24.5 Å². The predicted molar refractivity (Wildman–Crippen MR) is 133 cm³/mol. The van der Waals surface area contributed by atoms with Gasteiger partial charge in [0.1, 0.15) is 5.76 Å². The minimum Gasteiger partial charge on any atom is -0.465 e. The lowest BCUT2D eigenvalue weighted by atomic mass is 9.86. The lowest BCUT2D eigenvalue weighted by Crippen LogP contribution is -2.22. The van der Waals surface area contributed by atoms with Gasteiger partial charge in [0, 0.05) is 17.1 Å². The number of nitrogens with one attached hydrogen (secondary N) is 1. The first-order valence-corrected chi connectivity index (χ1v) is 11.7. The van der Waals surface area contributed by atoms with Crippen LogP contribution in [0.25, 0.3) is 22.6 Å². The first kappa shape index (κ1) is 21.9. The lowest BCUT2D eigenvalue weighted by molar-refractivity contribution is -0.119. The van der Waals surface area contributed by atoms with E-state index in [2.05, 4.69) is 5.32 Å². The monoisotopic (exact) mass is 482 g/mol. The molecule has 8 nitrogen and oxygen atoms in total. The van der Waals surface area contributed by atoms with Crippen molar-refractivity contribution in [1.29, 1.82) is 0 Å². The van der Waals surface area contributed by atoms with Crippen LogP contribution >= 0.6 is 0 Å². The highest BCUT2D eigenvalue weighted by molar-refractivity contribution is 6.07. The van der Waals surface area contributed by atoms with Gasteiger partial charge in [0.25, 0.3) is 5.91 Å². The van der Waals surface area contributed by atoms with Gasteiger partial charge >= 0.3 is 5.97 Å². The number of amides is 1. The number of aromatic nitrogens is 1. The third-order valence-corrected chi connectivity index (χ3v) is 6.22. The number of furan rings is 1. The van der Waals surface area contributed by atoms with Gasteiger partial charge in [-0.3, -0.25) is 4.79 Å². The molecule has 0 bridgehead atoms. The number of benzene rings is 2. The third kappa shape index (κ3) is 4.17. The van der Waals surface area contributed by atoms with Gasteiger partial charge in [-0.05, 0) is 66.8 Å². The van der Waals surface area contributed by atoms with E-state index in [0.717, 1.165) is 35.4 Å². The number of allylic oxidation sites excluding steroid dienone is 1. The van der Waals surface area contributed by atoms with E-state index >= 15 is 0 Å². The van der Waals surface area contributed by atoms with Crippen LogP contribution in [0, 0.1) is 0 Å². The number of pyridine rings is 1. The van der Waals surface area contributed by atoms with E-state index < -0.39 is 18.5 Å². The second-order valence-electron chi connectivity index (χ2n) is 8.56. The summed E-state index contributed by atoms with van der Waals surface area (Å²) in [5.74, 6) is 0.905. The average molecular weight is 482 g/mol. The summed E-state index contributed by atoms with van der Waals surface area (Å²) in [6, 6.07) is 16.3. The summed E-state index contributed by atoms with van der Waals surface area (Å²) in [6.45, 7) is -0.277. The number of fused-ring (bicyclic) bond motifs is 3. The standard InChI is InChI=1S/C28H22N2O6/c31-25(29-18-10-11-23-24(14-18)36-16-35-23)15-34-28(32)26-20-7-1-2-9-22(20)30-27-17(5-3-8-21(26)27)13-19-6-4-12-33-19/h1-2,4,6-7,9-14H,3,5,8,15-16H2,(H,29,31)/b17-13-. The number of hydrogen-bond donors (Lipinski definition) is 1. The number of nitrogens with zero attached hydrogens (tertiary/aromatic N) is 1. The molecule has 8 heteroatoms. The van der Waals surface area contributed by atoms with Gasteiger partial charge in [-0.15, -0.1) is 0 Å². The number of anilines is 1. The summed E-state index contributed by atoms with van der Waals surface area (Å²) in [7, 11) is 0. The summed E-state index contributed by atoms with van der Waals surface area (Å²) >= 11 is 0. The molecule has 0 atom stereocenters. The summed E-state index contributed by atoms with van der Waals surface area (Å²) in [4.78, 5) is 30.8. The van der Waals surface area contributed by atoms with Gasteiger partial charge in [0.05, 0.1) is 23.0 Å². The zero-order valence-electron chi connectivity index (χ0n) is 19.3. The van der Waals surface area contributed by atoms with Gasteiger partial charge in [0.2, 0.25) is 6.79 Å². The van der Waals surface area contributed by atoms with Crippen molar-refractivity contribution in [3.8, 4) is 11.5 Å². The summed E-state index contributed by atoms with van der Waals surface area (Å²) in [5.41, 5.74) is 4.29. The Morgan fingerprint density at radius 2 is 1.92 bits per heavy atom. The molecule has 2 aromatic carbocycles.